The number of benzene rings is 1. The van der Waals surface area contributed by atoms with Crippen molar-refractivity contribution in [2.45, 2.75) is 19.3 Å². The normalized spacial score (nSPS) is 14.1. The molecule has 0 spiro atoms. The largest absolute Gasteiger partial charge is 0.385 e. The predicted octanol–water partition coefficient (Wildman–Crippen LogP) is 0.714. The van der Waals surface area contributed by atoms with Crippen molar-refractivity contribution >= 4 is 21.6 Å². The fraction of sp³-hybridized carbons (Fsp3) is 0.500. The van der Waals surface area contributed by atoms with E-state index in [0.717, 1.165) is 36.9 Å². The third kappa shape index (κ3) is 4.71. The second-order valence-electron chi connectivity index (χ2n) is 5.14. The minimum atomic E-state index is -3.16. The highest BCUT2D eigenvalue weighted by Crippen LogP contribution is 2.25. The molecule has 0 atom stereocenters. The number of anilines is 1. The molecule has 0 bridgehead atoms. The third-order valence-electron chi connectivity index (χ3n) is 3.34. The molecule has 116 valence electrons. The van der Waals surface area contributed by atoms with E-state index in [9.17, 15) is 13.2 Å². The molecule has 21 heavy (non-hydrogen) atoms. The van der Waals surface area contributed by atoms with Crippen LogP contribution in [-0.4, -0.2) is 40.2 Å². The van der Waals surface area contributed by atoms with Gasteiger partial charge in [-0.2, -0.15) is 0 Å². The first kappa shape index (κ1) is 15.8. The molecule has 0 aromatic heterocycles. The summed E-state index contributed by atoms with van der Waals surface area (Å²) in [4.78, 5) is 12.2. The zero-order valence-corrected chi connectivity index (χ0v) is 12.9. The molecular formula is C14H21N3O3S. The Bertz CT molecular complexity index is 614. The fourth-order valence-electron chi connectivity index (χ4n) is 2.37. The smallest absolute Gasteiger partial charge is 0.251 e. The van der Waals surface area contributed by atoms with Gasteiger partial charge in [-0.15, -0.1) is 0 Å². The van der Waals surface area contributed by atoms with Crippen molar-refractivity contribution in [1.29, 1.82) is 0 Å². The summed E-state index contributed by atoms with van der Waals surface area (Å²) in [6.07, 6.45) is 3.61. The standard InChI is InChI=1S/C14H21N3O3S/c1-21(19,20)17-10-4-9-16-14(18)12-5-2-7-13-11(12)6-3-8-15-13/h2,5,7,15,17H,3-4,6,8-10H2,1H3,(H,16,18). The third-order valence-corrected chi connectivity index (χ3v) is 4.07. The molecule has 0 unspecified atom stereocenters. The van der Waals surface area contributed by atoms with E-state index in [1.54, 1.807) is 0 Å². The maximum absolute atomic E-state index is 12.2. The number of sulfonamides is 1. The minimum absolute atomic E-state index is 0.102. The van der Waals surface area contributed by atoms with E-state index in [2.05, 4.69) is 15.4 Å². The summed E-state index contributed by atoms with van der Waals surface area (Å²) in [6.45, 7) is 1.71. The molecule has 7 heteroatoms. The lowest BCUT2D eigenvalue weighted by Crippen LogP contribution is -2.30. The molecule has 2 rings (SSSR count). The van der Waals surface area contributed by atoms with Crippen LogP contribution in [0.1, 0.15) is 28.8 Å². The van der Waals surface area contributed by atoms with Gasteiger partial charge in [0, 0.05) is 30.9 Å². The minimum Gasteiger partial charge on any atom is -0.385 e. The molecule has 0 saturated heterocycles. The zero-order chi connectivity index (χ0) is 15.3. The van der Waals surface area contributed by atoms with Crippen LogP contribution in [0.2, 0.25) is 0 Å². The molecule has 1 aliphatic heterocycles. The van der Waals surface area contributed by atoms with Crippen molar-refractivity contribution in [3.63, 3.8) is 0 Å². The predicted molar refractivity (Wildman–Crippen MR) is 83.0 cm³/mol. The number of carbonyl (C=O) groups is 1. The molecular weight excluding hydrogens is 290 g/mol. The van der Waals surface area contributed by atoms with Crippen molar-refractivity contribution < 1.29 is 13.2 Å². The number of hydrogen-bond acceptors (Lipinski definition) is 4. The van der Waals surface area contributed by atoms with Gasteiger partial charge in [0.1, 0.15) is 0 Å². The maximum Gasteiger partial charge on any atom is 0.251 e. The van der Waals surface area contributed by atoms with Gasteiger partial charge in [0.15, 0.2) is 0 Å². The van der Waals surface area contributed by atoms with E-state index in [-0.39, 0.29) is 5.91 Å². The van der Waals surface area contributed by atoms with Crippen LogP contribution in [-0.2, 0) is 16.4 Å². The Labute approximate surface area is 125 Å². The first-order chi connectivity index (χ1) is 9.97. The highest BCUT2D eigenvalue weighted by Gasteiger charge is 2.16. The number of rotatable bonds is 6. The highest BCUT2D eigenvalue weighted by molar-refractivity contribution is 7.88. The Morgan fingerprint density at radius 2 is 2.14 bits per heavy atom. The van der Waals surface area contributed by atoms with Crippen LogP contribution >= 0.6 is 0 Å². The summed E-state index contributed by atoms with van der Waals surface area (Å²) in [6, 6.07) is 5.69. The molecule has 0 saturated carbocycles. The molecule has 1 heterocycles. The number of hydrogen-bond donors (Lipinski definition) is 3. The van der Waals surface area contributed by atoms with Gasteiger partial charge in [0.05, 0.1) is 6.26 Å². The van der Waals surface area contributed by atoms with Gasteiger partial charge in [0.2, 0.25) is 10.0 Å². The topological polar surface area (TPSA) is 87.3 Å². The van der Waals surface area contributed by atoms with E-state index in [1.807, 2.05) is 18.2 Å². The average Bonchev–Trinajstić information content (AvgIpc) is 2.45. The van der Waals surface area contributed by atoms with E-state index >= 15 is 0 Å². The molecule has 1 aromatic carbocycles. The van der Waals surface area contributed by atoms with Gasteiger partial charge >= 0.3 is 0 Å². The molecule has 6 nitrogen and oxygen atoms in total. The number of nitrogens with one attached hydrogen (secondary N) is 3. The first-order valence-corrected chi connectivity index (χ1v) is 8.95. The van der Waals surface area contributed by atoms with Gasteiger partial charge in [0.25, 0.3) is 5.91 Å². The van der Waals surface area contributed by atoms with Crippen molar-refractivity contribution in [3.05, 3.63) is 29.3 Å². The van der Waals surface area contributed by atoms with Crippen molar-refractivity contribution in [1.82, 2.24) is 10.0 Å². The van der Waals surface area contributed by atoms with Crippen LogP contribution in [0.25, 0.3) is 0 Å². The quantitative estimate of drug-likeness (QED) is 0.675. The Kier molecular flexibility index (Phi) is 5.19. The second-order valence-corrected chi connectivity index (χ2v) is 6.97. The van der Waals surface area contributed by atoms with Crippen LogP contribution in [0.5, 0.6) is 0 Å². The first-order valence-electron chi connectivity index (χ1n) is 7.06. The van der Waals surface area contributed by atoms with Crippen LogP contribution in [0.4, 0.5) is 5.69 Å². The Balaban J connectivity index is 1.87. The molecule has 3 N–H and O–H groups in total. The molecule has 1 aromatic rings. The monoisotopic (exact) mass is 311 g/mol. The SMILES string of the molecule is CS(=O)(=O)NCCCNC(=O)c1cccc2c1CCCN2. The van der Waals surface area contributed by atoms with Crippen molar-refractivity contribution in [3.8, 4) is 0 Å². The lowest BCUT2D eigenvalue weighted by Gasteiger charge is -2.20. The Hall–Kier alpha value is -1.60. The van der Waals surface area contributed by atoms with E-state index in [1.165, 1.54) is 0 Å². The van der Waals surface area contributed by atoms with Crippen molar-refractivity contribution in [2.24, 2.45) is 0 Å². The van der Waals surface area contributed by atoms with Crippen LogP contribution < -0.4 is 15.4 Å². The van der Waals surface area contributed by atoms with E-state index in [0.29, 0.717) is 25.1 Å². The summed E-state index contributed by atoms with van der Waals surface area (Å²) < 4.78 is 24.2. The lowest BCUT2D eigenvalue weighted by molar-refractivity contribution is 0.0952. The van der Waals surface area contributed by atoms with Gasteiger partial charge in [-0.25, -0.2) is 13.1 Å². The van der Waals surface area contributed by atoms with E-state index < -0.39 is 10.0 Å². The van der Waals surface area contributed by atoms with E-state index in [4.69, 9.17) is 0 Å². The van der Waals surface area contributed by atoms with Gasteiger partial charge in [-0.1, -0.05) is 6.07 Å². The molecule has 0 aliphatic carbocycles. The van der Waals surface area contributed by atoms with Crippen molar-refractivity contribution in [2.75, 3.05) is 31.2 Å². The number of carbonyl (C=O) groups excluding carboxylic acids is 1. The Morgan fingerprint density at radius 3 is 2.90 bits per heavy atom. The summed E-state index contributed by atoms with van der Waals surface area (Å²) >= 11 is 0. The molecule has 0 radical (unpaired) electrons. The maximum atomic E-state index is 12.2. The number of amides is 1. The van der Waals surface area contributed by atoms with Gasteiger partial charge in [-0.05, 0) is 37.0 Å². The van der Waals surface area contributed by atoms with Crippen LogP contribution in [0, 0.1) is 0 Å². The summed E-state index contributed by atoms with van der Waals surface area (Å²) in [5.74, 6) is -0.102. The highest BCUT2D eigenvalue weighted by atomic mass is 32.2. The van der Waals surface area contributed by atoms with Crippen LogP contribution in [0.15, 0.2) is 18.2 Å². The lowest BCUT2D eigenvalue weighted by atomic mass is 9.97. The summed E-state index contributed by atoms with van der Waals surface area (Å²) in [7, 11) is -3.16. The average molecular weight is 311 g/mol. The fourth-order valence-corrected chi connectivity index (χ4v) is 2.88. The van der Waals surface area contributed by atoms with Gasteiger partial charge < -0.3 is 10.6 Å². The Morgan fingerprint density at radius 1 is 1.33 bits per heavy atom. The summed E-state index contributed by atoms with van der Waals surface area (Å²) in [5, 5.41) is 6.13. The summed E-state index contributed by atoms with van der Waals surface area (Å²) in [5.41, 5.74) is 2.80. The number of fused-ring (bicyclic) bond motifs is 1. The molecule has 1 aliphatic rings. The second kappa shape index (κ2) is 6.91. The molecule has 0 fully saturated rings. The van der Waals surface area contributed by atoms with Gasteiger partial charge in [-0.3, -0.25) is 4.79 Å². The molecule has 1 amide bonds. The zero-order valence-electron chi connectivity index (χ0n) is 12.1. The van der Waals surface area contributed by atoms with Crippen LogP contribution in [0.3, 0.4) is 0 Å².